The number of carbonyl (C=O) groups is 2. The third kappa shape index (κ3) is 4.01. The van der Waals surface area contributed by atoms with Crippen LogP contribution in [0.5, 0.6) is 0 Å². The van der Waals surface area contributed by atoms with Gasteiger partial charge in [-0.15, -0.1) is 0 Å². The standard InChI is InChI=1S/C20H27NO6S/c1-4-25-18(22)21-13-10-16(27-19(23)26-5-2)17(21)20(11-12-20)28(24)15-8-6-14(3)7-9-15/h6-9,16-17H,4-5,10-13H2,1-3H3/t16-,17-,28-/m1/s1. The molecular weight excluding hydrogens is 382 g/mol. The van der Waals surface area contributed by atoms with Crippen LogP contribution in [0.1, 0.15) is 38.7 Å². The summed E-state index contributed by atoms with van der Waals surface area (Å²) in [6.07, 6.45) is 0.0536. The zero-order valence-corrected chi connectivity index (χ0v) is 17.3. The van der Waals surface area contributed by atoms with Gasteiger partial charge in [-0.1, -0.05) is 17.7 Å². The van der Waals surface area contributed by atoms with Crippen molar-refractivity contribution in [2.45, 2.75) is 61.8 Å². The Bertz CT molecular complexity index is 746. The molecule has 1 aliphatic carbocycles. The molecule has 8 heteroatoms. The highest BCUT2D eigenvalue weighted by molar-refractivity contribution is 7.87. The van der Waals surface area contributed by atoms with E-state index in [-0.39, 0.29) is 13.2 Å². The molecule has 3 rings (SSSR count). The van der Waals surface area contributed by atoms with Gasteiger partial charge in [0.15, 0.2) is 0 Å². The molecule has 0 N–H and O–H groups in total. The molecule has 0 unspecified atom stereocenters. The monoisotopic (exact) mass is 409 g/mol. The van der Waals surface area contributed by atoms with E-state index in [0.717, 1.165) is 5.56 Å². The first-order chi connectivity index (χ1) is 13.4. The Balaban J connectivity index is 1.89. The molecule has 0 aromatic heterocycles. The molecule has 1 heterocycles. The van der Waals surface area contributed by atoms with Crippen molar-refractivity contribution in [1.82, 2.24) is 4.90 Å². The smallest absolute Gasteiger partial charge is 0.450 e. The van der Waals surface area contributed by atoms with Gasteiger partial charge in [0.1, 0.15) is 6.10 Å². The number of hydrogen-bond donors (Lipinski definition) is 0. The zero-order chi connectivity index (χ0) is 20.3. The Morgan fingerprint density at radius 2 is 1.79 bits per heavy atom. The molecule has 1 saturated carbocycles. The molecule has 7 nitrogen and oxygen atoms in total. The Morgan fingerprint density at radius 3 is 2.36 bits per heavy atom. The highest BCUT2D eigenvalue weighted by Gasteiger charge is 2.63. The van der Waals surface area contributed by atoms with Crippen molar-refractivity contribution < 1.29 is 28.0 Å². The first-order valence-electron chi connectivity index (χ1n) is 9.68. The molecule has 1 saturated heterocycles. The van der Waals surface area contributed by atoms with Crippen LogP contribution in [0, 0.1) is 6.92 Å². The lowest BCUT2D eigenvalue weighted by Gasteiger charge is -2.33. The molecule has 154 valence electrons. The molecule has 1 amide bonds. The van der Waals surface area contributed by atoms with Gasteiger partial charge in [-0.05, 0) is 45.7 Å². The Hall–Kier alpha value is -2.09. The van der Waals surface area contributed by atoms with Gasteiger partial charge in [0, 0.05) is 17.9 Å². The number of benzene rings is 1. The first-order valence-corrected chi connectivity index (χ1v) is 10.8. The molecule has 0 spiro atoms. The molecule has 3 atom stereocenters. The van der Waals surface area contributed by atoms with E-state index in [9.17, 15) is 13.8 Å². The van der Waals surface area contributed by atoms with Crippen LogP contribution in [0.25, 0.3) is 0 Å². The van der Waals surface area contributed by atoms with Crippen molar-refractivity contribution in [1.29, 1.82) is 0 Å². The number of nitrogens with zero attached hydrogens (tertiary/aromatic N) is 1. The highest BCUT2D eigenvalue weighted by Crippen LogP contribution is 2.52. The van der Waals surface area contributed by atoms with Crippen molar-refractivity contribution in [3.63, 3.8) is 0 Å². The number of hydrogen-bond acceptors (Lipinski definition) is 6. The number of amides is 1. The maximum Gasteiger partial charge on any atom is 0.508 e. The van der Waals surface area contributed by atoms with Crippen LogP contribution in [0.4, 0.5) is 9.59 Å². The second-order valence-corrected chi connectivity index (χ2v) is 8.93. The summed E-state index contributed by atoms with van der Waals surface area (Å²) in [4.78, 5) is 26.7. The minimum absolute atomic E-state index is 0.207. The fourth-order valence-electron chi connectivity index (χ4n) is 3.81. The summed E-state index contributed by atoms with van der Waals surface area (Å²) < 4.78 is 28.4. The van der Waals surface area contributed by atoms with Gasteiger partial charge in [-0.3, -0.25) is 9.11 Å². The van der Waals surface area contributed by atoms with E-state index in [4.69, 9.17) is 14.2 Å². The average Bonchev–Trinajstić information content (AvgIpc) is 3.36. The zero-order valence-electron chi connectivity index (χ0n) is 16.5. The van der Waals surface area contributed by atoms with E-state index >= 15 is 0 Å². The molecule has 2 aliphatic rings. The lowest BCUT2D eigenvalue weighted by atomic mass is 10.1. The van der Waals surface area contributed by atoms with Crippen molar-refractivity contribution in [3.05, 3.63) is 29.8 Å². The van der Waals surface area contributed by atoms with E-state index in [1.807, 2.05) is 31.2 Å². The van der Waals surface area contributed by atoms with E-state index < -0.39 is 39.9 Å². The van der Waals surface area contributed by atoms with Crippen LogP contribution < -0.4 is 0 Å². The number of ether oxygens (including phenoxy) is 3. The average molecular weight is 410 g/mol. The van der Waals surface area contributed by atoms with Crippen molar-refractivity contribution >= 4 is 23.0 Å². The number of carbonyl (C=O) groups excluding carboxylic acids is 2. The number of rotatable bonds is 6. The van der Waals surface area contributed by atoms with Gasteiger partial charge in [0.05, 0.1) is 34.8 Å². The minimum Gasteiger partial charge on any atom is -0.450 e. The first kappa shape index (κ1) is 20.6. The SMILES string of the molecule is CCOC(=O)O[C@@H]1CCN(C(=O)OCC)[C@H]1C1([S@](=O)c2ccc(C)cc2)CC1. The predicted molar refractivity (Wildman–Crippen MR) is 104 cm³/mol. The third-order valence-electron chi connectivity index (χ3n) is 5.24. The lowest BCUT2D eigenvalue weighted by Crippen LogP contribution is -2.51. The van der Waals surface area contributed by atoms with Crippen LogP contribution in [0.15, 0.2) is 29.2 Å². The van der Waals surface area contributed by atoms with Gasteiger partial charge in [0.2, 0.25) is 0 Å². The van der Waals surface area contributed by atoms with Gasteiger partial charge < -0.3 is 14.2 Å². The van der Waals surface area contributed by atoms with Crippen LogP contribution in [-0.2, 0) is 25.0 Å². The van der Waals surface area contributed by atoms with Crippen LogP contribution in [0.2, 0.25) is 0 Å². The van der Waals surface area contributed by atoms with E-state index in [1.165, 1.54) is 0 Å². The molecular formula is C20H27NO6S. The van der Waals surface area contributed by atoms with Crippen molar-refractivity contribution in [2.24, 2.45) is 0 Å². The topological polar surface area (TPSA) is 82.1 Å². The fourth-order valence-corrected chi connectivity index (χ4v) is 5.63. The molecule has 0 radical (unpaired) electrons. The normalized spacial score (nSPS) is 23.8. The highest BCUT2D eigenvalue weighted by atomic mass is 32.2. The summed E-state index contributed by atoms with van der Waals surface area (Å²) in [5.41, 5.74) is 1.09. The van der Waals surface area contributed by atoms with E-state index in [1.54, 1.807) is 18.7 Å². The molecule has 0 bridgehead atoms. The van der Waals surface area contributed by atoms with Crippen LogP contribution in [0.3, 0.4) is 0 Å². The predicted octanol–water partition coefficient (Wildman–Crippen LogP) is 3.41. The molecule has 28 heavy (non-hydrogen) atoms. The maximum atomic E-state index is 13.5. The van der Waals surface area contributed by atoms with Crippen LogP contribution >= 0.6 is 0 Å². The van der Waals surface area contributed by atoms with E-state index in [0.29, 0.717) is 30.7 Å². The second kappa shape index (κ2) is 8.51. The summed E-state index contributed by atoms with van der Waals surface area (Å²) in [6, 6.07) is 7.06. The summed E-state index contributed by atoms with van der Waals surface area (Å²) >= 11 is 0. The summed E-state index contributed by atoms with van der Waals surface area (Å²) in [7, 11) is -1.34. The van der Waals surface area contributed by atoms with Gasteiger partial charge in [0.25, 0.3) is 0 Å². The summed E-state index contributed by atoms with van der Waals surface area (Å²) in [6.45, 7) is 6.26. The third-order valence-corrected chi connectivity index (χ3v) is 7.33. The Labute approximate surface area is 167 Å². The second-order valence-electron chi connectivity index (χ2n) is 7.11. The van der Waals surface area contributed by atoms with E-state index in [2.05, 4.69) is 0 Å². The van der Waals surface area contributed by atoms with Crippen molar-refractivity contribution in [2.75, 3.05) is 19.8 Å². The van der Waals surface area contributed by atoms with Crippen LogP contribution in [-0.4, -0.2) is 58.0 Å². The number of aryl methyl sites for hydroxylation is 1. The minimum atomic E-state index is -1.34. The Kier molecular flexibility index (Phi) is 6.27. The number of likely N-dealkylation sites (tertiary alicyclic amines) is 1. The molecule has 1 aromatic rings. The summed E-state index contributed by atoms with van der Waals surface area (Å²) in [5, 5.41) is 0. The largest absolute Gasteiger partial charge is 0.508 e. The Morgan fingerprint density at radius 1 is 1.14 bits per heavy atom. The summed E-state index contributed by atoms with van der Waals surface area (Å²) in [5.74, 6) is 0. The molecule has 1 aliphatic heterocycles. The molecule has 1 aromatic carbocycles. The quantitative estimate of drug-likeness (QED) is 0.670. The maximum absolute atomic E-state index is 13.5. The van der Waals surface area contributed by atoms with Gasteiger partial charge in [-0.2, -0.15) is 0 Å². The molecule has 2 fully saturated rings. The fraction of sp³-hybridized carbons (Fsp3) is 0.600. The van der Waals surface area contributed by atoms with Gasteiger partial charge in [-0.25, -0.2) is 9.59 Å². The van der Waals surface area contributed by atoms with Gasteiger partial charge >= 0.3 is 12.2 Å². The van der Waals surface area contributed by atoms with Crippen molar-refractivity contribution in [3.8, 4) is 0 Å². The lowest BCUT2D eigenvalue weighted by molar-refractivity contribution is 0.0100.